The third kappa shape index (κ3) is 10.3. The van der Waals surface area contributed by atoms with Gasteiger partial charge >= 0.3 is 18.1 Å². The first-order chi connectivity index (χ1) is 17.9. The zero-order valence-corrected chi connectivity index (χ0v) is 21.2. The lowest BCUT2D eigenvalue weighted by Gasteiger charge is -2.23. The molecule has 1 aromatic heterocycles. The van der Waals surface area contributed by atoms with Crippen LogP contribution in [0.5, 0.6) is 0 Å². The number of halogens is 4. The first-order valence-corrected chi connectivity index (χ1v) is 12.2. The minimum absolute atomic E-state index is 0.187. The SMILES string of the molecule is CC(C)C[C@H](C(=O)O)[C@H](Cc1ccc(COCC2CCNCC2)c(F)c1)c1nn[nH]n1.O=C(O)C(F)(F)F. The Morgan fingerprint density at radius 3 is 2.34 bits per heavy atom. The number of aromatic nitrogens is 4. The molecule has 0 bridgehead atoms. The lowest BCUT2D eigenvalue weighted by molar-refractivity contribution is -0.192. The van der Waals surface area contributed by atoms with Crippen LogP contribution in [0, 0.1) is 23.6 Å². The fourth-order valence-corrected chi connectivity index (χ4v) is 4.16. The van der Waals surface area contributed by atoms with Gasteiger partial charge < -0.3 is 20.3 Å². The Kier molecular flexibility index (Phi) is 12.0. The normalized spacial score (nSPS) is 16.0. The highest BCUT2D eigenvalue weighted by molar-refractivity contribution is 5.73. The van der Waals surface area contributed by atoms with Crippen molar-refractivity contribution >= 4 is 11.9 Å². The fourth-order valence-electron chi connectivity index (χ4n) is 4.16. The largest absolute Gasteiger partial charge is 0.490 e. The van der Waals surface area contributed by atoms with Gasteiger partial charge in [0.25, 0.3) is 0 Å². The molecule has 1 fully saturated rings. The molecule has 2 aromatic rings. The first-order valence-electron chi connectivity index (χ1n) is 12.2. The van der Waals surface area contributed by atoms with Crippen molar-refractivity contribution in [2.45, 2.75) is 58.2 Å². The van der Waals surface area contributed by atoms with E-state index < -0.39 is 30.0 Å². The Labute approximate surface area is 217 Å². The number of tetrazole rings is 1. The molecule has 14 heteroatoms. The molecule has 1 saturated heterocycles. The third-order valence-corrected chi connectivity index (χ3v) is 6.11. The van der Waals surface area contributed by atoms with Crippen LogP contribution in [-0.2, 0) is 27.4 Å². The minimum atomic E-state index is -5.08. The summed E-state index contributed by atoms with van der Waals surface area (Å²) in [6.07, 6.45) is -2.13. The monoisotopic (exact) mass is 547 g/mol. The molecular formula is C24H33F4N5O5. The average Bonchev–Trinajstić information content (AvgIpc) is 3.37. The standard InChI is InChI=1S/C22H32FN5O3.C2HF3O2/c1-14(2)9-19(22(29)30)18(21-25-27-28-26-21)10-16-3-4-17(20(23)11-16)13-31-12-15-5-7-24-8-6-15;3-2(4,5)1(6)7/h3-4,11,14-15,18-19,24H,5-10,12-13H2,1-2H3,(H,29,30)(H,25,26,27,28);(H,6,7)/t18-,19-;/m0./s1. The number of benzene rings is 1. The third-order valence-electron chi connectivity index (χ3n) is 6.11. The highest BCUT2D eigenvalue weighted by Crippen LogP contribution is 2.31. The van der Waals surface area contributed by atoms with Crippen LogP contribution in [0.4, 0.5) is 17.6 Å². The zero-order chi connectivity index (χ0) is 28.3. The Morgan fingerprint density at radius 1 is 1.18 bits per heavy atom. The van der Waals surface area contributed by atoms with Crippen molar-refractivity contribution < 1.29 is 42.1 Å². The van der Waals surface area contributed by atoms with Gasteiger partial charge in [0.15, 0.2) is 5.82 Å². The van der Waals surface area contributed by atoms with E-state index in [1.165, 1.54) is 6.07 Å². The molecule has 4 N–H and O–H groups in total. The zero-order valence-electron chi connectivity index (χ0n) is 21.2. The molecule has 0 spiro atoms. The van der Waals surface area contributed by atoms with E-state index in [4.69, 9.17) is 14.6 Å². The first kappa shape index (κ1) is 31.1. The Bertz CT molecular complexity index is 1010. The number of carboxylic acids is 2. The van der Waals surface area contributed by atoms with Crippen molar-refractivity contribution in [1.29, 1.82) is 0 Å². The number of rotatable bonds is 11. The van der Waals surface area contributed by atoms with Crippen LogP contribution < -0.4 is 5.32 Å². The molecule has 1 aliphatic heterocycles. The number of alkyl halides is 3. The Balaban J connectivity index is 0.000000638. The summed E-state index contributed by atoms with van der Waals surface area (Å²) in [4.78, 5) is 20.8. The number of carboxylic acid groups (broad SMARTS) is 2. The second-order valence-electron chi connectivity index (χ2n) is 9.59. The molecule has 38 heavy (non-hydrogen) atoms. The quantitative estimate of drug-likeness (QED) is 0.310. The summed E-state index contributed by atoms with van der Waals surface area (Å²) >= 11 is 0. The van der Waals surface area contributed by atoms with Crippen molar-refractivity contribution in [1.82, 2.24) is 25.9 Å². The molecule has 0 radical (unpaired) electrons. The van der Waals surface area contributed by atoms with Crippen LogP contribution in [0.15, 0.2) is 18.2 Å². The van der Waals surface area contributed by atoms with Gasteiger partial charge in [-0.3, -0.25) is 4.79 Å². The van der Waals surface area contributed by atoms with Gasteiger partial charge in [-0.2, -0.15) is 18.4 Å². The minimum Gasteiger partial charge on any atom is -0.481 e. The molecule has 0 amide bonds. The van der Waals surface area contributed by atoms with Gasteiger partial charge in [-0.1, -0.05) is 31.2 Å². The van der Waals surface area contributed by atoms with E-state index in [9.17, 15) is 27.5 Å². The van der Waals surface area contributed by atoms with Crippen LogP contribution in [-0.4, -0.2) is 68.6 Å². The van der Waals surface area contributed by atoms with Gasteiger partial charge in [0.05, 0.1) is 12.5 Å². The Hall–Kier alpha value is -3.13. The number of nitrogens with zero attached hydrogens (tertiary/aromatic N) is 3. The number of aliphatic carboxylic acids is 2. The van der Waals surface area contributed by atoms with Crippen LogP contribution in [0.2, 0.25) is 0 Å². The molecule has 3 rings (SSSR count). The molecule has 2 heterocycles. The van der Waals surface area contributed by atoms with Crippen molar-refractivity contribution in [3.05, 3.63) is 41.0 Å². The number of hydrogen-bond acceptors (Lipinski definition) is 7. The summed E-state index contributed by atoms with van der Waals surface area (Å²) in [6, 6.07) is 5.01. The topological polar surface area (TPSA) is 150 Å². The summed E-state index contributed by atoms with van der Waals surface area (Å²) in [5, 5.41) is 34.3. The molecule has 2 atom stereocenters. The van der Waals surface area contributed by atoms with Crippen LogP contribution in [0.25, 0.3) is 0 Å². The van der Waals surface area contributed by atoms with Crippen molar-refractivity contribution in [2.24, 2.45) is 17.8 Å². The van der Waals surface area contributed by atoms with Crippen molar-refractivity contribution in [3.63, 3.8) is 0 Å². The van der Waals surface area contributed by atoms with Gasteiger partial charge in [0.2, 0.25) is 0 Å². The maximum absolute atomic E-state index is 14.7. The summed E-state index contributed by atoms with van der Waals surface area (Å²) < 4.78 is 52.2. The van der Waals surface area contributed by atoms with Gasteiger partial charge in [-0.15, -0.1) is 10.2 Å². The van der Waals surface area contributed by atoms with Gasteiger partial charge in [-0.25, -0.2) is 9.18 Å². The van der Waals surface area contributed by atoms with Crippen molar-refractivity contribution in [2.75, 3.05) is 19.7 Å². The number of carbonyl (C=O) groups is 2. The van der Waals surface area contributed by atoms with E-state index in [0.29, 0.717) is 42.3 Å². The predicted octanol–water partition coefficient (Wildman–Crippen LogP) is 3.56. The lowest BCUT2D eigenvalue weighted by atomic mass is 9.81. The van der Waals surface area contributed by atoms with Crippen LogP contribution in [0.1, 0.15) is 56.0 Å². The van der Waals surface area contributed by atoms with Gasteiger partial charge in [-0.05, 0) is 62.2 Å². The van der Waals surface area contributed by atoms with E-state index >= 15 is 0 Å². The predicted molar refractivity (Wildman–Crippen MR) is 127 cm³/mol. The summed E-state index contributed by atoms with van der Waals surface area (Å²) in [6.45, 7) is 6.83. The molecule has 0 unspecified atom stereocenters. The van der Waals surface area contributed by atoms with E-state index in [-0.39, 0.29) is 18.3 Å². The molecule has 1 aliphatic rings. The fraction of sp³-hybridized carbons (Fsp3) is 0.625. The average molecular weight is 548 g/mol. The van der Waals surface area contributed by atoms with Gasteiger partial charge in [0, 0.05) is 18.1 Å². The van der Waals surface area contributed by atoms with E-state index in [1.54, 1.807) is 6.07 Å². The Morgan fingerprint density at radius 2 is 1.84 bits per heavy atom. The van der Waals surface area contributed by atoms with E-state index in [2.05, 4.69) is 25.9 Å². The molecule has 0 aliphatic carbocycles. The summed E-state index contributed by atoms with van der Waals surface area (Å²) in [5.74, 6) is -4.15. The number of aromatic amines is 1. The van der Waals surface area contributed by atoms with Crippen molar-refractivity contribution in [3.8, 4) is 0 Å². The van der Waals surface area contributed by atoms with E-state index in [0.717, 1.165) is 25.9 Å². The molecule has 0 saturated carbocycles. The second kappa shape index (κ2) is 14.7. The maximum Gasteiger partial charge on any atom is 0.490 e. The van der Waals surface area contributed by atoms with Crippen LogP contribution >= 0.6 is 0 Å². The highest BCUT2D eigenvalue weighted by atomic mass is 19.4. The summed E-state index contributed by atoms with van der Waals surface area (Å²) in [7, 11) is 0. The smallest absolute Gasteiger partial charge is 0.481 e. The summed E-state index contributed by atoms with van der Waals surface area (Å²) in [5.41, 5.74) is 1.20. The number of ether oxygens (including phenoxy) is 1. The number of nitrogens with one attached hydrogen (secondary N) is 2. The highest BCUT2D eigenvalue weighted by Gasteiger charge is 2.38. The molecule has 1 aromatic carbocycles. The van der Waals surface area contributed by atoms with Gasteiger partial charge in [0.1, 0.15) is 5.82 Å². The molecule has 212 valence electrons. The molecular weight excluding hydrogens is 514 g/mol. The number of H-pyrrole nitrogens is 1. The second-order valence-corrected chi connectivity index (χ2v) is 9.59. The number of hydrogen-bond donors (Lipinski definition) is 4. The molecule has 10 nitrogen and oxygen atoms in total. The maximum atomic E-state index is 14.7. The van der Waals surface area contributed by atoms with Crippen LogP contribution in [0.3, 0.4) is 0 Å². The number of piperidine rings is 1. The van der Waals surface area contributed by atoms with E-state index in [1.807, 2.05) is 19.9 Å². The lowest BCUT2D eigenvalue weighted by Crippen LogP contribution is -2.29.